The number of anilines is 1. The maximum absolute atomic E-state index is 13.5. The number of hydrogen-bond donors (Lipinski definition) is 1. The number of ether oxygens (including phenoxy) is 2. The lowest BCUT2D eigenvalue weighted by Gasteiger charge is -2.26. The van der Waals surface area contributed by atoms with E-state index in [2.05, 4.69) is 13.8 Å². The van der Waals surface area contributed by atoms with Gasteiger partial charge in [-0.1, -0.05) is 38.1 Å². The lowest BCUT2D eigenvalue weighted by molar-refractivity contribution is -0.132. The molecular formula is C31H31NO5. The number of ketones is 1. The first-order chi connectivity index (χ1) is 17.8. The minimum absolute atomic E-state index is 0.0515. The number of carbonyl (C=O) groups is 2. The van der Waals surface area contributed by atoms with Gasteiger partial charge < -0.3 is 14.6 Å². The minimum Gasteiger partial charge on any atom is -0.507 e. The van der Waals surface area contributed by atoms with E-state index in [1.54, 1.807) is 12.1 Å². The highest BCUT2D eigenvalue weighted by Crippen LogP contribution is 2.43. The Kier molecular flexibility index (Phi) is 6.50. The van der Waals surface area contributed by atoms with E-state index in [-0.39, 0.29) is 17.4 Å². The van der Waals surface area contributed by atoms with Gasteiger partial charge in [0.15, 0.2) is 0 Å². The smallest absolute Gasteiger partial charge is 0.300 e. The quantitative estimate of drug-likeness (QED) is 0.251. The predicted molar refractivity (Wildman–Crippen MR) is 143 cm³/mol. The number of fused-ring (bicyclic) bond motifs is 1. The van der Waals surface area contributed by atoms with Crippen molar-refractivity contribution in [2.24, 2.45) is 0 Å². The van der Waals surface area contributed by atoms with E-state index >= 15 is 0 Å². The standard InChI is InChI=1S/C31H31NO5/c1-5-36-25-13-8-21(9-14-25)28-27(29(33)22-10-15-26-23(17-22)16-19(4)37-26)30(34)31(35)32(28)24-11-6-20(7-12-24)18(2)3/h6-15,17-19,28,33H,5,16H2,1-4H3/b29-27-. The summed E-state index contributed by atoms with van der Waals surface area (Å²) in [5.41, 5.74) is 3.95. The van der Waals surface area contributed by atoms with E-state index in [9.17, 15) is 14.7 Å². The molecule has 2 aliphatic heterocycles. The molecule has 6 heteroatoms. The van der Waals surface area contributed by atoms with Crippen molar-refractivity contribution >= 4 is 23.1 Å². The third-order valence-corrected chi connectivity index (χ3v) is 6.96. The Morgan fingerprint density at radius 2 is 1.76 bits per heavy atom. The Balaban J connectivity index is 1.64. The summed E-state index contributed by atoms with van der Waals surface area (Å²) in [7, 11) is 0. The van der Waals surface area contributed by atoms with Crippen molar-refractivity contribution in [3.8, 4) is 11.5 Å². The monoisotopic (exact) mass is 497 g/mol. The second kappa shape index (κ2) is 9.77. The topological polar surface area (TPSA) is 76.1 Å². The van der Waals surface area contributed by atoms with E-state index in [1.807, 2.05) is 68.4 Å². The fourth-order valence-electron chi connectivity index (χ4n) is 5.07. The fourth-order valence-corrected chi connectivity index (χ4v) is 5.07. The van der Waals surface area contributed by atoms with Crippen molar-refractivity contribution in [2.45, 2.75) is 52.2 Å². The highest BCUT2D eigenvalue weighted by molar-refractivity contribution is 6.51. The summed E-state index contributed by atoms with van der Waals surface area (Å²) < 4.78 is 11.4. The summed E-state index contributed by atoms with van der Waals surface area (Å²) in [4.78, 5) is 28.4. The zero-order valence-electron chi connectivity index (χ0n) is 21.5. The summed E-state index contributed by atoms with van der Waals surface area (Å²) in [5.74, 6) is 0.221. The Hall–Kier alpha value is -4.06. The van der Waals surface area contributed by atoms with Crippen LogP contribution in [0.1, 0.15) is 61.9 Å². The summed E-state index contributed by atoms with van der Waals surface area (Å²) >= 11 is 0. The fraction of sp³-hybridized carbons (Fsp3) is 0.290. The molecule has 0 bridgehead atoms. The first-order valence-electron chi connectivity index (χ1n) is 12.7. The molecule has 3 aromatic carbocycles. The van der Waals surface area contributed by atoms with Crippen LogP contribution in [-0.4, -0.2) is 29.5 Å². The van der Waals surface area contributed by atoms with Gasteiger partial charge in [-0.25, -0.2) is 0 Å². The molecular weight excluding hydrogens is 466 g/mol. The summed E-state index contributed by atoms with van der Waals surface area (Å²) in [6, 6.07) is 19.5. The third kappa shape index (κ3) is 4.48. The number of rotatable bonds is 6. The molecule has 1 amide bonds. The lowest BCUT2D eigenvalue weighted by atomic mass is 9.94. The lowest BCUT2D eigenvalue weighted by Crippen LogP contribution is -2.29. The van der Waals surface area contributed by atoms with Crippen LogP contribution in [0, 0.1) is 0 Å². The molecule has 1 fully saturated rings. The zero-order valence-corrected chi connectivity index (χ0v) is 21.5. The normalized spacial score (nSPS) is 20.3. The second-order valence-corrected chi connectivity index (χ2v) is 9.87. The first-order valence-corrected chi connectivity index (χ1v) is 12.7. The summed E-state index contributed by atoms with van der Waals surface area (Å²) in [6.45, 7) is 8.63. The second-order valence-electron chi connectivity index (χ2n) is 9.87. The number of aliphatic hydroxyl groups excluding tert-OH is 1. The number of hydrogen-bond acceptors (Lipinski definition) is 5. The Morgan fingerprint density at radius 1 is 1.05 bits per heavy atom. The molecule has 2 aliphatic rings. The van der Waals surface area contributed by atoms with Gasteiger partial charge in [0.05, 0.1) is 18.2 Å². The van der Waals surface area contributed by atoms with Crippen molar-refractivity contribution in [2.75, 3.05) is 11.5 Å². The molecule has 0 saturated carbocycles. The predicted octanol–water partition coefficient (Wildman–Crippen LogP) is 6.16. The van der Waals surface area contributed by atoms with Crippen LogP contribution in [0.3, 0.4) is 0 Å². The van der Waals surface area contributed by atoms with Gasteiger partial charge in [-0.15, -0.1) is 0 Å². The Bertz CT molecular complexity index is 1370. The van der Waals surface area contributed by atoms with Crippen molar-refractivity contribution < 1.29 is 24.2 Å². The van der Waals surface area contributed by atoms with Crippen LogP contribution in [0.5, 0.6) is 11.5 Å². The Labute approximate surface area is 217 Å². The van der Waals surface area contributed by atoms with Gasteiger partial charge in [0.1, 0.15) is 23.4 Å². The van der Waals surface area contributed by atoms with Crippen LogP contribution in [0.2, 0.25) is 0 Å². The summed E-state index contributed by atoms with van der Waals surface area (Å²) in [5, 5.41) is 11.5. The highest BCUT2D eigenvalue weighted by atomic mass is 16.5. The largest absolute Gasteiger partial charge is 0.507 e. The molecule has 190 valence electrons. The molecule has 2 atom stereocenters. The maximum atomic E-state index is 13.5. The molecule has 0 radical (unpaired) electrons. The summed E-state index contributed by atoms with van der Waals surface area (Å²) in [6.07, 6.45) is 0.769. The molecule has 37 heavy (non-hydrogen) atoms. The SMILES string of the molecule is CCOc1ccc(C2/C(=C(/O)c3ccc4c(c3)CC(C)O4)C(=O)C(=O)N2c2ccc(C(C)C)cc2)cc1. The van der Waals surface area contributed by atoms with E-state index in [4.69, 9.17) is 9.47 Å². The van der Waals surface area contributed by atoms with Crippen LogP contribution < -0.4 is 14.4 Å². The van der Waals surface area contributed by atoms with Gasteiger partial charge in [0.2, 0.25) is 0 Å². The van der Waals surface area contributed by atoms with Crippen LogP contribution in [0.4, 0.5) is 5.69 Å². The number of carbonyl (C=O) groups excluding carboxylic acids is 2. The van der Waals surface area contributed by atoms with Crippen LogP contribution >= 0.6 is 0 Å². The first kappa shape index (κ1) is 24.6. The van der Waals surface area contributed by atoms with E-state index in [0.29, 0.717) is 35.1 Å². The van der Waals surface area contributed by atoms with Gasteiger partial charge in [-0.3, -0.25) is 14.5 Å². The van der Waals surface area contributed by atoms with Gasteiger partial charge in [0, 0.05) is 17.7 Å². The number of aliphatic hydroxyl groups is 1. The zero-order chi connectivity index (χ0) is 26.3. The molecule has 0 aromatic heterocycles. The van der Waals surface area contributed by atoms with Crippen molar-refractivity contribution in [3.63, 3.8) is 0 Å². The molecule has 5 rings (SSSR count). The molecule has 2 unspecified atom stereocenters. The van der Waals surface area contributed by atoms with E-state index in [1.165, 1.54) is 4.90 Å². The van der Waals surface area contributed by atoms with E-state index < -0.39 is 17.7 Å². The van der Waals surface area contributed by atoms with Crippen LogP contribution in [-0.2, 0) is 16.0 Å². The van der Waals surface area contributed by atoms with Crippen LogP contribution in [0.25, 0.3) is 5.76 Å². The van der Waals surface area contributed by atoms with Crippen molar-refractivity contribution in [1.82, 2.24) is 0 Å². The molecule has 1 N–H and O–H groups in total. The average molecular weight is 498 g/mol. The van der Waals surface area contributed by atoms with Gasteiger partial charge >= 0.3 is 0 Å². The van der Waals surface area contributed by atoms with Crippen LogP contribution in [0.15, 0.2) is 72.3 Å². The van der Waals surface area contributed by atoms with Gasteiger partial charge in [-0.2, -0.15) is 0 Å². The average Bonchev–Trinajstić information content (AvgIpc) is 3.39. The third-order valence-electron chi connectivity index (χ3n) is 6.96. The highest BCUT2D eigenvalue weighted by Gasteiger charge is 2.47. The molecule has 2 heterocycles. The molecule has 0 spiro atoms. The Morgan fingerprint density at radius 3 is 2.41 bits per heavy atom. The van der Waals surface area contributed by atoms with Gasteiger partial charge in [-0.05, 0) is 78.9 Å². The van der Waals surface area contributed by atoms with Crippen molar-refractivity contribution in [1.29, 1.82) is 0 Å². The maximum Gasteiger partial charge on any atom is 0.300 e. The van der Waals surface area contributed by atoms with E-state index in [0.717, 1.165) is 23.3 Å². The number of amides is 1. The molecule has 6 nitrogen and oxygen atoms in total. The molecule has 3 aromatic rings. The number of Topliss-reactive ketones (excluding diaryl/α,β-unsaturated/α-hetero) is 1. The number of nitrogens with zero attached hydrogens (tertiary/aromatic N) is 1. The molecule has 0 aliphatic carbocycles. The number of benzene rings is 3. The minimum atomic E-state index is -0.788. The molecule has 1 saturated heterocycles. The van der Waals surface area contributed by atoms with Crippen molar-refractivity contribution in [3.05, 3.63) is 94.6 Å². The van der Waals surface area contributed by atoms with Gasteiger partial charge in [0.25, 0.3) is 11.7 Å².